The molecule has 0 aliphatic carbocycles. The molecular weight excluding hydrogens is 610 g/mol. The zero-order valence-corrected chi connectivity index (χ0v) is 29.0. The Labute approximate surface area is 284 Å². The monoisotopic (exact) mass is 661 g/mol. The van der Waals surface area contributed by atoms with Gasteiger partial charge < -0.3 is 29.9 Å². The van der Waals surface area contributed by atoms with Crippen LogP contribution < -0.4 is 19.9 Å². The summed E-state index contributed by atoms with van der Waals surface area (Å²) in [7, 11) is 3.37. The van der Waals surface area contributed by atoms with Crippen molar-refractivity contribution < 1.29 is 24.2 Å². The number of benzene rings is 2. The molecular formula is C36H51N7O5. The van der Waals surface area contributed by atoms with Crippen molar-refractivity contribution in [3.8, 4) is 5.75 Å². The van der Waals surface area contributed by atoms with Crippen molar-refractivity contribution in [1.82, 2.24) is 19.8 Å². The van der Waals surface area contributed by atoms with E-state index in [-0.39, 0.29) is 6.03 Å². The number of carboxylic acid groups (broad SMARTS) is 1. The zero-order valence-electron chi connectivity index (χ0n) is 29.0. The molecule has 1 aliphatic rings. The van der Waals surface area contributed by atoms with E-state index in [9.17, 15) is 19.5 Å². The van der Waals surface area contributed by atoms with Gasteiger partial charge in [-0.2, -0.15) is 4.98 Å². The number of carbonyl (C=O) groups is 3. The fraction of sp³-hybridized carbons (Fsp3) is 0.472. The van der Waals surface area contributed by atoms with Crippen LogP contribution in [0.1, 0.15) is 51.2 Å². The first-order valence-electron chi connectivity index (χ1n) is 16.7. The second-order valence-corrected chi connectivity index (χ2v) is 11.5. The third-order valence-electron chi connectivity index (χ3n) is 8.33. The normalized spacial score (nSPS) is 12.7. The number of ether oxygens (including phenoxy) is 1. The van der Waals surface area contributed by atoms with Gasteiger partial charge in [0.2, 0.25) is 12.4 Å². The van der Waals surface area contributed by atoms with Gasteiger partial charge in [-0.3, -0.25) is 9.69 Å². The van der Waals surface area contributed by atoms with E-state index in [4.69, 9.17) is 9.72 Å². The van der Waals surface area contributed by atoms with Crippen molar-refractivity contribution in [2.24, 2.45) is 0 Å². The number of nitrogens with one attached hydrogen (secondary N) is 1. The summed E-state index contributed by atoms with van der Waals surface area (Å²) in [6.07, 6.45) is 6.50. The molecule has 0 bridgehead atoms. The van der Waals surface area contributed by atoms with E-state index >= 15 is 0 Å². The van der Waals surface area contributed by atoms with Crippen molar-refractivity contribution >= 4 is 35.9 Å². The molecule has 1 aromatic heterocycles. The third kappa shape index (κ3) is 11.1. The summed E-state index contributed by atoms with van der Waals surface area (Å²) < 4.78 is 5.22. The van der Waals surface area contributed by atoms with Crippen LogP contribution in [0.2, 0.25) is 0 Å². The smallest absolute Gasteiger partial charge is 0.326 e. The summed E-state index contributed by atoms with van der Waals surface area (Å²) in [5, 5.41) is 13.2. The molecule has 48 heavy (non-hydrogen) atoms. The van der Waals surface area contributed by atoms with Gasteiger partial charge in [-0.15, -0.1) is 0 Å². The van der Waals surface area contributed by atoms with Gasteiger partial charge in [-0.25, -0.2) is 14.6 Å². The van der Waals surface area contributed by atoms with Crippen LogP contribution in [0.3, 0.4) is 0 Å². The van der Waals surface area contributed by atoms with Gasteiger partial charge in [0.05, 0.1) is 13.3 Å². The van der Waals surface area contributed by atoms with E-state index in [1.54, 1.807) is 35.1 Å². The number of hydrogen-bond acceptors (Lipinski definition) is 8. The molecule has 3 aromatic rings. The van der Waals surface area contributed by atoms with Crippen LogP contribution in [0.15, 0.2) is 60.8 Å². The number of aromatic nitrogens is 2. The van der Waals surface area contributed by atoms with Crippen molar-refractivity contribution in [2.45, 2.75) is 58.9 Å². The topological polar surface area (TPSA) is 131 Å². The predicted octanol–water partition coefficient (Wildman–Crippen LogP) is 5.19. The van der Waals surface area contributed by atoms with Crippen LogP contribution in [0.4, 0.5) is 22.2 Å². The molecule has 0 saturated carbocycles. The van der Waals surface area contributed by atoms with Gasteiger partial charge in [0.25, 0.3) is 0 Å². The Balaban J connectivity index is 0.000000789. The number of anilines is 3. The van der Waals surface area contributed by atoms with E-state index in [1.165, 1.54) is 12.8 Å². The lowest BCUT2D eigenvalue weighted by Gasteiger charge is -2.30. The van der Waals surface area contributed by atoms with Gasteiger partial charge in [-0.05, 0) is 76.1 Å². The van der Waals surface area contributed by atoms with Gasteiger partial charge in [0, 0.05) is 46.3 Å². The van der Waals surface area contributed by atoms with Crippen molar-refractivity contribution in [3.05, 3.63) is 71.9 Å². The second-order valence-electron chi connectivity index (χ2n) is 11.5. The van der Waals surface area contributed by atoms with Crippen molar-refractivity contribution in [3.63, 3.8) is 0 Å². The molecule has 2 N–H and O–H groups in total. The maximum atomic E-state index is 13.6. The number of carboxylic acids is 1. The van der Waals surface area contributed by atoms with Gasteiger partial charge in [0.1, 0.15) is 17.5 Å². The van der Waals surface area contributed by atoms with E-state index in [2.05, 4.69) is 10.3 Å². The van der Waals surface area contributed by atoms with Gasteiger partial charge >= 0.3 is 12.0 Å². The number of rotatable bonds is 16. The summed E-state index contributed by atoms with van der Waals surface area (Å²) in [6.45, 7) is 10.1. The number of methoxy groups -OCH3 is 1. The highest BCUT2D eigenvalue weighted by atomic mass is 16.5. The molecule has 4 rings (SSSR count). The van der Waals surface area contributed by atoms with Crippen LogP contribution in [0.25, 0.3) is 0 Å². The highest BCUT2D eigenvalue weighted by Crippen LogP contribution is 2.28. The number of nitrogens with zero attached hydrogens (tertiary/aromatic N) is 6. The first-order valence-corrected chi connectivity index (χ1v) is 16.7. The van der Waals surface area contributed by atoms with Crippen LogP contribution in [-0.4, -0.2) is 103 Å². The molecule has 3 amide bonds. The Morgan fingerprint density at radius 1 is 0.979 bits per heavy atom. The highest BCUT2D eigenvalue weighted by molar-refractivity contribution is 5.95. The number of likely N-dealkylation sites (tertiary alicyclic amines) is 1. The molecule has 12 nitrogen and oxygen atoms in total. The number of likely N-dealkylation sites (N-methyl/N-ethyl adjacent to an activating group) is 1. The molecule has 0 spiro atoms. The van der Waals surface area contributed by atoms with Crippen LogP contribution in [-0.2, 0) is 22.4 Å². The Kier molecular flexibility index (Phi) is 15.4. The zero-order chi connectivity index (χ0) is 34.9. The van der Waals surface area contributed by atoms with Crippen LogP contribution in [0.5, 0.6) is 5.75 Å². The molecule has 1 saturated heterocycles. The summed E-state index contributed by atoms with van der Waals surface area (Å²) in [5.41, 5.74) is 2.58. The first-order chi connectivity index (χ1) is 23.2. The lowest BCUT2D eigenvalue weighted by molar-refractivity contribution is -0.138. The molecule has 1 atom stereocenters. The predicted molar refractivity (Wildman–Crippen MR) is 190 cm³/mol. The fourth-order valence-electron chi connectivity index (χ4n) is 5.35. The molecule has 2 aromatic carbocycles. The lowest BCUT2D eigenvalue weighted by atomic mass is 10.0. The third-order valence-corrected chi connectivity index (χ3v) is 8.33. The summed E-state index contributed by atoms with van der Waals surface area (Å²) in [4.78, 5) is 52.2. The molecule has 1 fully saturated rings. The molecule has 1 unspecified atom stereocenters. The molecule has 2 heterocycles. The molecule has 12 heteroatoms. The molecule has 260 valence electrons. The summed E-state index contributed by atoms with van der Waals surface area (Å²) >= 11 is 0. The minimum Gasteiger partial charge on any atom is -0.497 e. The number of aliphatic carboxylic acids is 1. The van der Waals surface area contributed by atoms with Crippen molar-refractivity contribution in [1.29, 1.82) is 0 Å². The van der Waals surface area contributed by atoms with E-state index in [0.29, 0.717) is 56.5 Å². The molecule has 0 radical (unpaired) electrons. The summed E-state index contributed by atoms with van der Waals surface area (Å²) in [6, 6.07) is 16.4. The number of hydrogen-bond donors (Lipinski definition) is 2. The standard InChI is InChI=1S/C31H42N6O4.C5H9NO/c1-6-36(7-2)30-32-22-27(37(8-3)31(40)35(4)21-20-23-12-10-9-11-13-23)28(34-30)33-26(29(38)39)19-16-24-14-17-25(41-5)18-15-24;7-5-6-3-1-2-4-6/h9-15,17-18,22,26H,6-8,16,19-21H2,1-5H3,(H,38,39)(H,32,33,34);5H,1-4H2. The Morgan fingerprint density at radius 3 is 2.17 bits per heavy atom. The Bertz CT molecular complexity index is 1410. The number of carbonyl (C=O) groups excluding carboxylic acids is 2. The quantitative estimate of drug-likeness (QED) is 0.199. The summed E-state index contributed by atoms with van der Waals surface area (Å²) in [5.74, 6) is 0.535. The lowest BCUT2D eigenvalue weighted by Crippen LogP contribution is -2.43. The number of aryl methyl sites for hydroxylation is 1. The number of amides is 3. The highest BCUT2D eigenvalue weighted by Gasteiger charge is 2.26. The Hall–Kier alpha value is -4.87. The maximum absolute atomic E-state index is 13.6. The van der Waals surface area contributed by atoms with Crippen LogP contribution >= 0.6 is 0 Å². The second kappa shape index (κ2) is 19.7. The van der Waals surface area contributed by atoms with E-state index < -0.39 is 12.0 Å². The van der Waals surface area contributed by atoms with Crippen molar-refractivity contribution in [2.75, 3.05) is 68.5 Å². The Morgan fingerprint density at radius 2 is 1.62 bits per heavy atom. The minimum absolute atomic E-state index is 0.212. The SMILES string of the molecule is CCN(CC)c1ncc(N(CC)C(=O)N(C)CCc2ccccc2)c(NC(CCc2ccc(OC)cc2)C(=O)O)n1.O=CN1CCCC1. The minimum atomic E-state index is -0.998. The first kappa shape index (κ1) is 37.6. The van der Waals surface area contributed by atoms with E-state index in [1.807, 2.05) is 80.3 Å². The fourth-order valence-corrected chi connectivity index (χ4v) is 5.35. The maximum Gasteiger partial charge on any atom is 0.326 e. The van der Waals surface area contributed by atoms with E-state index in [0.717, 1.165) is 42.8 Å². The van der Waals surface area contributed by atoms with Gasteiger partial charge in [0.15, 0.2) is 5.82 Å². The largest absolute Gasteiger partial charge is 0.497 e. The number of urea groups is 1. The average Bonchev–Trinajstić information content (AvgIpc) is 3.66. The molecule has 1 aliphatic heterocycles. The van der Waals surface area contributed by atoms with Crippen LogP contribution in [0, 0.1) is 0 Å². The average molecular weight is 662 g/mol. The van der Waals surface area contributed by atoms with Gasteiger partial charge in [-0.1, -0.05) is 42.5 Å².